The van der Waals surface area contributed by atoms with Gasteiger partial charge < -0.3 is 5.73 Å². The number of nitrogens with zero attached hydrogens (tertiary/aromatic N) is 1. The first kappa shape index (κ1) is 12.0. The third-order valence-electron chi connectivity index (χ3n) is 3.04. The van der Waals surface area contributed by atoms with Gasteiger partial charge >= 0.3 is 0 Å². The lowest BCUT2D eigenvalue weighted by Crippen LogP contribution is -2.39. The minimum Gasteiger partial charge on any atom is -0.328 e. The second-order valence-electron chi connectivity index (χ2n) is 4.35. The summed E-state index contributed by atoms with van der Waals surface area (Å²) < 4.78 is 14.4. The van der Waals surface area contributed by atoms with Crippen LogP contribution >= 0.6 is 15.9 Å². The lowest BCUT2D eigenvalue weighted by Gasteiger charge is -2.30. The van der Waals surface area contributed by atoms with E-state index in [0.717, 1.165) is 36.0 Å². The van der Waals surface area contributed by atoms with E-state index in [2.05, 4.69) is 20.8 Å². The van der Waals surface area contributed by atoms with Crippen LogP contribution in [0, 0.1) is 5.82 Å². The molecule has 2 N–H and O–H groups in total. The minimum atomic E-state index is -0.135. The van der Waals surface area contributed by atoms with Gasteiger partial charge in [0.2, 0.25) is 0 Å². The van der Waals surface area contributed by atoms with Crippen LogP contribution in [0.15, 0.2) is 22.7 Å². The maximum atomic E-state index is 13.6. The van der Waals surface area contributed by atoms with Gasteiger partial charge in [0.25, 0.3) is 0 Å². The maximum Gasteiger partial charge on any atom is 0.128 e. The Bertz CT molecular complexity index is 362. The third-order valence-corrected chi connectivity index (χ3v) is 3.53. The summed E-state index contributed by atoms with van der Waals surface area (Å²) in [6.07, 6.45) is 2.02. The van der Waals surface area contributed by atoms with Gasteiger partial charge in [-0.15, -0.1) is 0 Å². The van der Waals surface area contributed by atoms with Crippen LogP contribution in [0.2, 0.25) is 0 Å². The van der Waals surface area contributed by atoms with Crippen molar-refractivity contribution in [1.29, 1.82) is 0 Å². The number of halogens is 2. The van der Waals surface area contributed by atoms with Crippen molar-refractivity contribution in [2.45, 2.75) is 25.4 Å². The molecule has 1 saturated heterocycles. The van der Waals surface area contributed by atoms with E-state index in [0.29, 0.717) is 12.6 Å². The fraction of sp³-hybridized carbons (Fsp3) is 0.500. The molecule has 1 aliphatic rings. The summed E-state index contributed by atoms with van der Waals surface area (Å²) in [6.45, 7) is 2.62. The largest absolute Gasteiger partial charge is 0.328 e. The highest BCUT2D eigenvalue weighted by molar-refractivity contribution is 9.10. The van der Waals surface area contributed by atoms with Gasteiger partial charge in [-0.05, 0) is 38.1 Å². The van der Waals surface area contributed by atoms with Gasteiger partial charge in [-0.1, -0.05) is 22.0 Å². The number of hydrogen-bond acceptors (Lipinski definition) is 2. The molecule has 0 unspecified atom stereocenters. The second kappa shape index (κ2) is 5.25. The van der Waals surface area contributed by atoms with Crippen molar-refractivity contribution in [2.24, 2.45) is 5.73 Å². The van der Waals surface area contributed by atoms with Gasteiger partial charge in [0.05, 0.1) is 0 Å². The lowest BCUT2D eigenvalue weighted by atomic mass is 10.1. The number of nitrogens with two attached hydrogens (primary N) is 1. The smallest absolute Gasteiger partial charge is 0.128 e. The second-order valence-corrected chi connectivity index (χ2v) is 5.26. The Morgan fingerprint density at radius 3 is 2.69 bits per heavy atom. The molecule has 1 aromatic carbocycles. The zero-order valence-electron chi connectivity index (χ0n) is 9.13. The van der Waals surface area contributed by atoms with E-state index >= 15 is 0 Å². The molecule has 4 heteroatoms. The zero-order chi connectivity index (χ0) is 11.5. The molecule has 88 valence electrons. The Balaban J connectivity index is 1.98. The van der Waals surface area contributed by atoms with Gasteiger partial charge in [0, 0.05) is 22.6 Å². The molecule has 0 amide bonds. The van der Waals surface area contributed by atoms with Gasteiger partial charge in [-0.3, -0.25) is 4.90 Å². The van der Waals surface area contributed by atoms with Crippen molar-refractivity contribution in [3.8, 4) is 0 Å². The van der Waals surface area contributed by atoms with E-state index in [-0.39, 0.29) is 5.82 Å². The summed E-state index contributed by atoms with van der Waals surface area (Å²) in [5, 5.41) is 0. The summed E-state index contributed by atoms with van der Waals surface area (Å²) in [5.41, 5.74) is 6.60. The van der Waals surface area contributed by atoms with Crippen LogP contribution in [0.1, 0.15) is 18.4 Å². The Morgan fingerprint density at radius 2 is 2.06 bits per heavy atom. The zero-order valence-corrected chi connectivity index (χ0v) is 10.7. The summed E-state index contributed by atoms with van der Waals surface area (Å²) in [5.74, 6) is -0.135. The van der Waals surface area contributed by atoms with Crippen LogP contribution in [0.3, 0.4) is 0 Å². The van der Waals surface area contributed by atoms with Crippen molar-refractivity contribution < 1.29 is 4.39 Å². The SMILES string of the molecule is NC1CCN(Cc2ccc(Br)cc2F)CC1. The van der Waals surface area contributed by atoms with E-state index < -0.39 is 0 Å². The first-order chi connectivity index (χ1) is 7.65. The summed E-state index contributed by atoms with van der Waals surface area (Å²) >= 11 is 3.26. The highest BCUT2D eigenvalue weighted by Crippen LogP contribution is 2.18. The van der Waals surface area contributed by atoms with Crippen molar-refractivity contribution in [1.82, 2.24) is 4.90 Å². The molecular weight excluding hydrogens is 271 g/mol. The standard InChI is InChI=1S/C12H16BrFN2/c13-10-2-1-9(12(14)7-10)8-16-5-3-11(15)4-6-16/h1-2,7,11H,3-6,8,15H2. The van der Waals surface area contributed by atoms with Gasteiger partial charge in [-0.2, -0.15) is 0 Å². The normalized spacial score (nSPS) is 18.9. The molecule has 1 aliphatic heterocycles. The predicted octanol–water partition coefficient (Wildman–Crippen LogP) is 2.51. The molecule has 1 heterocycles. The number of likely N-dealkylation sites (tertiary alicyclic amines) is 1. The summed E-state index contributed by atoms with van der Waals surface area (Å²) in [7, 11) is 0. The van der Waals surface area contributed by atoms with Crippen LogP contribution < -0.4 is 5.73 Å². The first-order valence-corrected chi connectivity index (χ1v) is 6.36. The number of hydrogen-bond donors (Lipinski definition) is 1. The van der Waals surface area contributed by atoms with E-state index in [1.54, 1.807) is 0 Å². The summed E-state index contributed by atoms with van der Waals surface area (Å²) in [6, 6.07) is 5.57. The van der Waals surface area contributed by atoms with Gasteiger partial charge in [0.15, 0.2) is 0 Å². The summed E-state index contributed by atoms with van der Waals surface area (Å²) in [4.78, 5) is 2.26. The molecule has 16 heavy (non-hydrogen) atoms. The van der Waals surface area contributed by atoms with Crippen LogP contribution in [-0.2, 0) is 6.54 Å². The predicted molar refractivity (Wildman–Crippen MR) is 66.6 cm³/mol. The average molecular weight is 287 g/mol. The minimum absolute atomic E-state index is 0.135. The molecule has 0 aliphatic carbocycles. The molecular formula is C12H16BrFN2. The molecule has 0 atom stereocenters. The topological polar surface area (TPSA) is 29.3 Å². The molecule has 2 rings (SSSR count). The van der Waals surface area contributed by atoms with E-state index in [1.165, 1.54) is 6.07 Å². The van der Waals surface area contributed by atoms with Crippen molar-refractivity contribution in [3.63, 3.8) is 0 Å². The third kappa shape index (κ3) is 3.03. The monoisotopic (exact) mass is 286 g/mol. The Morgan fingerprint density at radius 1 is 1.38 bits per heavy atom. The van der Waals surface area contributed by atoms with Gasteiger partial charge in [0.1, 0.15) is 5.82 Å². The molecule has 0 saturated carbocycles. The van der Waals surface area contributed by atoms with Crippen molar-refractivity contribution >= 4 is 15.9 Å². The van der Waals surface area contributed by atoms with Crippen LogP contribution in [0.5, 0.6) is 0 Å². The van der Waals surface area contributed by atoms with Crippen molar-refractivity contribution in [3.05, 3.63) is 34.1 Å². The molecule has 1 aromatic rings. The quantitative estimate of drug-likeness (QED) is 0.905. The Kier molecular flexibility index (Phi) is 3.95. The van der Waals surface area contributed by atoms with E-state index in [1.807, 2.05) is 12.1 Å². The van der Waals surface area contributed by atoms with Crippen LogP contribution in [0.4, 0.5) is 4.39 Å². The van der Waals surface area contributed by atoms with Crippen molar-refractivity contribution in [2.75, 3.05) is 13.1 Å². The molecule has 0 aromatic heterocycles. The Labute approximate surface area is 104 Å². The number of rotatable bonds is 2. The fourth-order valence-corrected chi connectivity index (χ4v) is 2.34. The molecule has 0 spiro atoms. The van der Waals surface area contributed by atoms with E-state index in [9.17, 15) is 4.39 Å². The average Bonchev–Trinajstić information content (AvgIpc) is 2.25. The van der Waals surface area contributed by atoms with Crippen LogP contribution in [-0.4, -0.2) is 24.0 Å². The van der Waals surface area contributed by atoms with E-state index in [4.69, 9.17) is 5.73 Å². The molecule has 0 radical (unpaired) electrons. The lowest BCUT2D eigenvalue weighted by molar-refractivity contribution is 0.203. The fourth-order valence-electron chi connectivity index (χ4n) is 2.00. The Hall–Kier alpha value is -0.450. The highest BCUT2D eigenvalue weighted by atomic mass is 79.9. The van der Waals surface area contributed by atoms with Crippen LogP contribution in [0.25, 0.3) is 0 Å². The molecule has 0 bridgehead atoms. The molecule has 2 nitrogen and oxygen atoms in total. The highest BCUT2D eigenvalue weighted by Gasteiger charge is 2.17. The maximum absolute atomic E-state index is 13.6. The number of benzene rings is 1. The number of piperidine rings is 1. The molecule has 1 fully saturated rings. The first-order valence-electron chi connectivity index (χ1n) is 5.57. The van der Waals surface area contributed by atoms with Gasteiger partial charge in [-0.25, -0.2) is 4.39 Å².